The van der Waals surface area contributed by atoms with Crippen LogP contribution in [0.25, 0.3) is 22.1 Å². The van der Waals surface area contributed by atoms with Gasteiger partial charge in [-0.2, -0.15) is 0 Å². The van der Waals surface area contributed by atoms with Crippen LogP contribution in [0.1, 0.15) is 16.9 Å². The number of aryl methyl sites for hydroxylation is 1. The largest absolute Gasteiger partial charge is 0.497 e. The molecule has 32 heavy (non-hydrogen) atoms. The highest BCUT2D eigenvalue weighted by molar-refractivity contribution is 5.86. The first-order valence-electron chi connectivity index (χ1n) is 10.8. The van der Waals surface area contributed by atoms with Gasteiger partial charge in [-0.15, -0.1) is 0 Å². The summed E-state index contributed by atoms with van der Waals surface area (Å²) in [6.07, 6.45) is 0.897. The first-order valence-corrected chi connectivity index (χ1v) is 10.8. The van der Waals surface area contributed by atoms with E-state index < -0.39 is 0 Å². The third kappa shape index (κ3) is 3.76. The molecule has 5 heteroatoms. The van der Waals surface area contributed by atoms with Crippen LogP contribution < -0.4 is 14.9 Å². The van der Waals surface area contributed by atoms with E-state index in [1.54, 1.807) is 7.11 Å². The Balaban J connectivity index is 1.44. The van der Waals surface area contributed by atoms with E-state index in [0.717, 1.165) is 35.6 Å². The Morgan fingerprint density at radius 1 is 1.00 bits per heavy atom. The first kappa shape index (κ1) is 20.3. The molecule has 0 fully saturated rings. The highest BCUT2D eigenvalue weighted by atomic mass is 16.5. The molecule has 5 rings (SSSR count). The number of hydrogen-bond acceptors (Lipinski definition) is 5. The van der Waals surface area contributed by atoms with Crippen LogP contribution in [0.15, 0.2) is 75.9 Å². The van der Waals surface area contributed by atoms with Crippen molar-refractivity contribution in [3.05, 3.63) is 93.8 Å². The van der Waals surface area contributed by atoms with E-state index in [1.807, 2.05) is 61.5 Å². The van der Waals surface area contributed by atoms with Gasteiger partial charge in [0, 0.05) is 13.1 Å². The molecule has 0 bridgehead atoms. The molecule has 4 aromatic rings. The van der Waals surface area contributed by atoms with Crippen molar-refractivity contribution in [3.63, 3.8) is 0 Å². The molecule has 0 saturated carbocycles. The van der Waals surface area contributed by atoms with Crippen molar-refractivity contribution < 1.29 is 13.9 Å². The van der Waals surface area contributed by atoms with Gasteiger partial charge in [0.25, 0.3) is 0 Å². The van der Waals surface area contributed by atoms with Crippen LogP contribution in [-0.2, 0) is 13.0 Å². The SMILES string of the molecule is COc1ccc(CCN2COc3ccc4c(=O)c(-c5ccccc5)c(C)oc4c3C2)cc1. The summed E-state index contributed by atoms with van der Waals surface area (Å²) in [5.74, 6) is 2.27. The molecule has 1 aliphatic rings. The van der Waals surface area contributed by atoms with E-state index in [2.05, 4.69) is 17.0 Å². The van der Waals surface area contributed by atoms with Crippen LogP contribution in [0.2, 0.25) is 0 Å². The van der Waals surface area contributed by atoms with E-state index in [4.69, 9.17) is 13.9 Å². The van der Waals surface area contributed by atoms with Gasteiger partial charge < -0.3 is 13.9 Å². The van der Waals surface area contributed by atoms with Crippen molar-refractivity contribution in [2.24, 2.45) is 0 Å². The second-order valence-corrected chi connectivity index (χ2v) is 8.07. The Labute approximate surface area is 186 Å². The van der Waals surface area contributed by atoms with Crippen molar-refractivity contribution in [2.75, 3.05) is 20.4 Å². The lowest BCUT2D eigenvalue weighted by Gasteiger charge is -2.29. The number of ether oxygens (including phenoxy) is 2. The zero-order valence-electron chi connectivity index (χ0n) is 18.3. The van der Waals surface area contributed by atoms with Crippen molar-refractivity contribution >= 4 is 11.0 Å². The molecule has 0 amide bonds. The molecule has 1 aliphatic heterocycles. The van der Waals surface area contributed by atoms with Crippen LogP contribution in [0.4, 0.5) is 0 Å². The molecule has 3 aromatic carbocycles. The summed E-state index contributed by atoms with van der Waals surface area (Å²) in [6.45, 7) is 3.89. The average molecular weight is 428 g/mol. The standard InChI is InChI=1S/C27H25NO4/c1-18-25(20-6-4-3-5-7-20)26(29)22-12-13-24-23(27(22)32-18)16-28(17-31-24)15-14-19-8-10-21(30-2)11-9-19/h3-13H,14-17H2,1-2H3. The summed E-state index contributed by atoms with van der Waals surface area (Å²) < 4.78 is 17.5. The fourth-order valence-corrected chi connectivity index (χ4v) is 4.28. The molecule has 1 aromatic heterocycles. The van der Waals surface area contributed by atoms with Crippen molar-refractivity contribution in [1.82, 2.24) is 4.90 Å². The summed E-state index contributed by atoms with van der Waals surface area (Å²) in [7, 11) is 1.67. The van der Waals surface area contributed by atoms with Crippen molar-refractivity contribution in [3.8, 4) is 22.6 Å². The molecule has 0 saturated heterocycles. The summed E-state index contributed by atoms with van der Waals surface area (Å²) in [6, 6.07) is 21.5. The second-order valence-electron chi connectivity index (χ2n) is 8.07. The molecule has 162 valence electrons. The quantitative estimate of drug-likeness (QED) is 0.440. The maximum absolute atomic E-state index is 13.4. The molecular formula is C27H25NO4. The van der Waals surface area contributed by atoms with E-state index >= 15 is 0 Å². The smallest absolute Gasteiger partial charge is 0.200 e. The number of rotatable bonds is 5. The van der Waals surface area contributed by atoms with Gasteiger partial charge in [0.05, 0.1) is 23.6 Å². The second kappa shape index (κ2) is 8.52. The molecule has 0 atom stereocenters. The summed E-state index contributed by atoms with van der Waals surface area (Å²) >= 11 is 0. The molecule has 0 spiro atoms. The third-order valence-corrected chi connectivity index (χ3v) is 6.02. The Hall–Kier alpha value is -3.57. The summed E-state index contributed by atoms with van der Waals surface area (Å²) in [4.78, 5) is 15.6. The predicted octanol–water partition coefficient (Wildman–Crippen LogP) is 5.17. The lowest BCUT2D eigenvalue weighted by Crippen LogP contribution is -2.33. The minimum Gasteiger partial charge on any atom is -0.497 e. The van der Waals surface area contributed by atoms with Gasteiger partial charge in [0.15, 0.2) is 0 Å². The zero-order valence-corrected chi connectivity index (χ0v) is 18.3. The third-order valence-electron chi connectivity index (χ3n) is 6.02. The molecule has 2 heterocycles. The fraction of sp³-hybridized carbons (Fsp3) is 0.222. The summed E-state index contributed by atoms with van der Waals surface area (Å²) in [5.41, 5.74) is 4.28. The fourth-order valence-electron chi connectivity index (χ4n) is 4.28. The predicted molar refractivity (Wildman–Crippen MR) is 125 cm³/mol. The first-order chi connectivity index (χ1) is 15.6. The van der Waals surface area contributed by atoms with E-state index in [1.165, 1.54) is 5.56 Å². The number of methoxy groups -OCH3 is 1. The average Bonchev–Trinajstić information content (AvgIpc) is 2.83. The summed E-state index contributed by atoms with van der Waals surface area (Å²) in [5, 5.41) is 0.591. The monoisotopic (exact) mass is 427 g/mol. The number of hydrogen-bond donors (Lipinski definition) is 0. The molecule has 0 unspecified atom stereocenters. The zero-order chi connectivity index (χ0) is 22.1. The van der Waals surface area contributed by atoms with Crippen molar-refractivity contribution in [2.45, 2.75) is 19.9 Å². The lowest BCUT2D eigenvalue weighted by molar-refractivity contribution is 0.0968. The van der Waals surface area contributed by atoms with Gasteiger partial charge in [-0.05, 0) is 48.7 Å². The van der Waals surface area contributed by atoms with Crippen LogP contribution in [-0.4, -0.2) is 25.3 Å². The maximum Gasteiger partial charge on any atom is 0.200 e. The van der Waals surface area contributed by atoms with Gasteiger partial charge in [0.1, 0.15) is 29.6 Å². The molecule has 0 N–H and O–H groups in total. The van der Waals surface area contributed by atoms with Gasteiger partial charge in [0.2, 0.25) is 5.43 Å². The van der Waals surface area contributed by atoms with Gasteiger partial charge in [-0.25, -0.2) is 0 Å². The Bertz CT molecular complexity index is 1310. The van der Waals surface area contributed by atoms with Crippen LogP contribution >= 0.6 is 0 Å². The van der Waals surface area contributed by atoms with Gasteiger partial charge in [-0.3, -0.25) is 9.69 Å². The topological polar surface area (TPSA) is 51.9 Å². The van der Waals surface area contributed by atoms with Crippen LogP contribution in [0.5, 0.6) is 11.5 Å². The number of fused-ring (bicyclic) bond motifs is 3. The van der Waals surface area contributed by atoms with E-state index in [-0.39, 0.29) is 5.43 Å². The van der Waals surface area contributed by atoms with Gasteiger partial charge in [-0.1, -0.05) is 42.5 Å². The molecular weight excluding hydrogens is 402 g/mol. The van der Waals surface area contributed by atoms with E-state index in [0.29, 0.717) is 35.6 Å². The highest BCUT2D eigenvalue weighted by Crippen LogP contribution is 2.33. The molecule has 5 nitrogen and oxygen atoms in total. The highest BCUT2D eigenvalue weighted by Gasteiger charge is 2.23. The van der Waals surface area contributed by atoms with Gasteiger partial charge >= 0.3 is 0 Å². The molecule has 0 aliphatic carbocycles. The lowest BCUT2D eigenvalue weighted by atomic mass is 10.0. The van der Waals surface area contributed by atoms with E-state index in [9.17, 15) is 4.79 Å². The van der Waals surface area contributed by atoms with Crippen molar-refractivity contribution in [1.29, 1.82) is 0 Å². The molecule has 0 radical (unpaired) electrons. The Morgan fingerprint density at radius 3 is 2.53 bits per heavy atom. The van der Waals surface area contributed by atoms with Crippen LogP contribution in [0, 0.1) is 6.92 Å². The Morgan fingerprint density at radius 2 is 1.78 bits per heavy atom. The number of benzene rings is 3. The minimum atomic E-state index is -0.00638. The minimum absolute atomic E-state index is 0.00638. The Kier molecular flexibility index (Phi) is 5.41. The van der Waals surface area contributed by atoms with Crippen LogP contribution in [0.3, 0.4) is 0 Å². The maximum atomic E-state index is 13.4. The number of nitrogens with zero attached hydrogens (tertiary/aromatic N) is 1. The normalized spacial score (nSPS) is 13.6.